The van der Waals surface area contributed by atoms with Gasteiger partial charge in [0.25, 0.3) is 0 Å². The molecule has 24 heavy (non-hydrogen) atoms. The van der Waals surface area contributed by atoms with Crippen molar-refractivity contribution in [2.75, 3.05) is 0 Å². The van der Waals surface area contributed by atoms with Gasteiger partial charge in [0, 0.05) is 25.0 Å². The van der Waals surface area contributed by atoms with Gasteiger partial charge in [-0.2, -0.15) is 0 Å². The van der Waals surface area contributed by atoms with Gasteiger partial charge in [0.2, 0.25) is 0 Å². The maximum atomic E-state index is 5.89. The SMILES string of the molecule is CCC(C)NC(N)=NCc1nccn1CCCc1ccccc1.I. The van der Waals surface area contributed by atoms with Gasteiger partial charge in [0.1, 0.15) is 12.4 Å². The molecule has 2 rings (SSSR count). The summed E-state index contributed by atoms with van der Waals surface area (Å²) in [6.07, 6.45) is 7.00. The lowest BCUT2D eigenvalue weighted by Crippen LogP contribution is -2.38. The predicted octanol–water partition coefficient (Wildman–Crippen LogP) is 3.34. The van der Waals surface area contributed by atoms with Gasteiger partial charge in [-0.1, -0.05) is 37.3 Å². The lowest BCUT2D eigenvalue weighted by molar-refractivity contribution is 0.607. The zero-order valence-electron chi connectivity index (χ0n) is 14.5. The highest BCUT2D eigenvalue weighted by Crippen LogP contribution is 2.06. The minimum Gasteiger partial charge on any atom is -0.370 e. The van der Waals surface area contributed by atoms with Crippen LogP contribution in [0.15, 0.2) is 47.7 Å². The number of aryl methyl sites for hydroxylation is 2. The third-order valence-electron chi connectivity index (χ3n) is 3.91. The molecule has 0 aliphatic heterocycles. The highest BCUT2D eigenvalue weighted by molar-refractivity contribution is 14.0. The molecule has 0 aliphatic carbocycles. The number of aromatic nitrogens is 2. The van der Waals surface area contributed by atoms with E-state index in [2.05, 4.69) is 58.0 Å². The van der Waals surface area contributed by atoms with Gasteiger partial charge in [0.15, 0.2) is 5.96 Å². The highest BCUT2D eigenvalue weighted by Gasteiger charge is 2.04. The molecule has 2 aromatic rings. The summed E-state index contributed by atoms with van der Waals surface area (Å²) in [4.78, 5) is 8.77. The molecule has 5 nitrogen and oxygen atoms in total. The number of hydrogen-bond donors (Lipinski definition) is 2. The number of benzene rings is 1. The molecular formula is C18H28IN5. The van der Waals surface area contributed by atoms with Crippen molar-refractivity contribution in [3.63, 3.8) is 0 Å². The molecule has 0 amide bonds. The Bertz CT molecular complexity index is 609. The Morgan fingerprint density at radius 1 is 1.33 bits per heavy atom. The number of nitrogens with zero attached hydrogens (tertiary/aromatic N) is 3. The van der Waals surface area contributed by atoms with Crippen molar-refractivity contribution in [1.82, 2.24) is 14.9 Å². The van der Waals surface area contributed by atoms with Crippen molar-refractivity contribution in [2.24, 2.45) is 10.7 Å². The summed E-state index contributed by atoms with van der Waals surface area (Å²) in [5.74, 6) is 1.44. The standard InChI is InChI=1S/C18H27N5.HI/c1-3-15(2)22-18(19)21-14-17-20-11-13-23(17)12-7-10-16-8-5-4-6-9-16;/h4-6,8-9,11,13,15H,3,7,10,12,14H2,1-2H3,(H3,19,21,22);1H. The van der Waals surface area contributed by atoms with Crippen molar-refractivity contribution in [3.05, 3.63) is 54.1 Å². The monoisotopic (exact) mass is 441 g/mol. The molecule has 3 N–H and O–H groups in total. The third kappa shape index (κ3) is 6.90. The van der Waals surface area contributed by atoms with Gasteiger partial charge in [-0.3, -0.25) is 0 Å². The second-order valence-corrected chi connectivity index (χ2v) is 5.78. The van der Waals surface area contributed by atoms with Crippen LogP contribution in [0, 0.1) is 0 Å². The molecule has 1 heterocycles. The van der Waals surface area contributed by atoms with Crippen LogP contribution < -0.4 is 11.1 Å². The summed E-state index contributed by atoms with van der Waals surface area (Å²) in [7, 11) is 0. The summed E-state index contributed by atoms with van der Waals surface area (Å²) in [5.41, 5.74) is 7.26. The number of nitrogens with two attached hydrogens (primary N) is 1. The predicted molar refractivity (Wildman–Crippen MR) is 111 cm³/mol. The van der Waals surface area contributed by atoms with Crippen LogP contribution in [-0.4, -0.2) is 21.6 Å². The van der Waals surface area contributed by atoms with E-state index in [-0.39, 0.29) is 24.0 Å². The Morgan fingerprint density at radius 3 is 2.79 bits per heavy atom. The summed E-state index contributed by atoms with van der Waals surface area (Å²) < 4.78 is 2.16. The molecular weight excluding hydrogens is 413 g/mol. The third-order valence-corrected chi connectivity index (χ3v) is 3.91. The number of halogens is 1. The van der Waals surface area contributed by atoms with E-state index in [9.17, 15) is 0 Å². The molecule has 0 saturated heterocycles. The number of rotatable bonds is 8. The Balaban J connectivity index is 0.00000288. The minimum atomic E-state index is 0. The number of hydrogen-bond acceptors (Lipinski definition) is 2. The Hall–Kier alpha value is -1.57. The molecule has 1 aromatic carbocycles. The molecule has 132 valence electrons. The highest BCUT2D eigenvalue weighted by atomic mass is 127. The van der Waals surface area contributed by atoms with Crippen molar-refractivity contribution < 1.29 is 0 Å². The van der Waals surface area contributed by atoms with Gasteiger partial charge in [-0.15, -0.1) is 24.0 Å². The fourth-order valence-corrected chi connectivity index (χ4v) is 2.35. The summed E-state index contributed by atoms with van der Waals surface area (Å²) in [6, 6.07) is 10.9. The summed E-state index contributed by atoms with van der Waals surface area (Å²) in [5, 5.41) is 3.17. The van der Waals surface area contributed by atoms with E-state index < -0.39 is 0 Å². The minimum absolute atomic E-state index is 0. The average Bonchev–Trinajstić information content (AvgIpc) is 3.01. The number of aliphatic imine (C=N–C) groups is 1. The maximum absolute atomic E-state index is 5.89. The van der Waals surface area contributed by atoms with E-state index in [4.69, 9.17) is 5.73 Å². The number of imidazole rings is 1. The maximum Gasteiger partial charge on any atom is 0.189 e. The smallest absolute Gasteiger partial charge is 0.189 e. The second kappa shape index (κ2) is 11.1. The van der Waals surface area contributed by atoms with E-state index in [1.165, 1.54) is 5.56 Å². The lowest BCUT2D eigenvalue weighted by Gasteiger charge is -2.12. The molecule has 1 atom stereocenters. The van der Waals surface area contributed by atoms with E-state index in [1.807, 2.05) is 18.5 Å². The largest absolute Gasteiger partial charge is 0.370 e. The molecule has 1 unspecified atom stereocenters. The lowest BCUT2D eigenvalue weighted by atomic mass is 10.1. The van der Waals surface area contributed by atoms with Crippen LogP contribution in [0.25, 0.3) is 0 Å². The zero-order chi connectivity index (χ0) is 16.5. The van der Waals surface area contributed by atoms with E-state index in [0.717, 1.165) is 31.6 Å². The van der Waals surface area contributed by atoms with Gasteiger partial charge in [-0.05, 0) is 31.7 Å². The van der Waals surface area contributed by atoms with Gasteiger partial charge in [0.05, 0.1) is 0 Å². The summed E-state index contributed by atoms with van der Waals surface area (Å²) >= 11 is 0. The Labute approximate surface area is 161 Å². The molecule has 6 heteroatoms. The zero-order valence-corrected chi connectivity index (χ0v) is 16.8. The van der Waals surface area contributed by atoms with Crippen molar-refractivity contribution in [3.8, 4) is 0 Å². The molecule has 0 spiro atoms. The average molecular weight is 441 g/mol. The van der Waals surface area contributed by atoms with Crippen molar-refractivity contribution in [1.29, 1.82) is 0 Å². The van der Waals surface area contributed by atoms with Crippen LogP contribution in [0.2, 0.25) is 0 Å². The van der Waals surface area contributed by atoms with Crippen LogP contribution in [0.1, 0.15) is 38.1 Å². The van der Waals surface area contributed by atoms with Crippen molar-refractivity contribution in [2.45, 2.75) is 52.2 Å². The molecule has 0 radical (unpaired) electrons. The fraction of sp³-hybridized carbons (Fsp3) is 0.444. The van der Waals surface area contributed by atoms with Gasteiger partial charge < -0.3 is 15.6 Å². The van der Waals surface area contributed by atoms with Crippen LogP contribution >= 0.6 is 24.0 Å². The first-order valence-corrected chi connectivity index (χ1v) is 8.29. The normalized spacial score (nSPS) is 12.5. The second-order valence-electron chi connectivity index (χ2n) is 5.78. The quantitative estimate of drug-likeness (QED) is 0.375. The Morgan fingerprint density at radius 2 is 2.08 bits per heavy atom. The first-order chi connectivity index (χ1) is 11.2. The van der Waals surface area contributed by atoms with E-state index in [0.29, 0.717) is 18.5 Å². The molecule has 1 aromatic heterocycles. The van der Waals surface area contributed by atoms with Gasteiger partial charge in [-0.25, -0.2) is 9.98 Å². The number of guanidine groups is 1. The van der Waals surface area contributed by atoms with Crippen LogP contribution in [0.4, 0.5) is 0 Å². The topological polar surface area (TPSA) is 68.2 Å². The molecule has 0 bridgehead atoms. The number of nitrogens with one attached hydrogen (secondary N) is 1. The fourth-order valence-electron chi connectivity index (χ4n) is 2.35. The van der Waals surface area contributed by atoms with Crippen LogP contribution in [0.5, 0.6) is 0 Å². The van der Waals surface area contributed by atoms with Gasteiger partial charge >= 0.3 is 0 Å². The van der Waals surface area contributed by atoms with Crippen molar-refractivity contribution >= 4 is 29.9 Å². The van der Waals surface area contributed by atoms with Crippen LogP contribution in [0.3, 0.4) is 0 Å². The van der Waals surface area contributed by atoms with E-state index in [1.54, 1.807) is 0 Å². The van der Waals surface area contributed by atoms with Crippen LogP contribution in [-0.2, 0) is 19.5 Å². The summed E-state index contributed by atoms with van der Waals surface area (Å²) in [6.45, 7) is 5.66. The first-order valence-electron chi connectivity index (χ1n) is 8.29. The molecule has 0 aliphatic rings. The Kier molecular flexibility index (Phi) is 9.44. The first kappa shape index (κ1) is 20.5. The molecule has 0 saturated carbocycles. The molecule has 0 fully saturated rings. The van der Waals surface area contributed by atoms with E-state index >= 15 is 0 Å².